The maximum Gasteiger partial charge on any atom is 0.214 e. The van der Waals surface area contributed by atoms with Gasteiger partial charge in [0.2, 0.25) is 5.89 Å². The van der Waals surface area contributed by atoms with Crippen molar-refractivity contribution in [3.63, 3.8) is 0 Å². The molecule has 2 aromatic rings. The van der Waals surface area contributed by atoms with Crippen molar-refractivity contribution >= 4 is 5.96 Å². The van der Waals surface area contributed by atoms with E-state index < -0.39 is 0 Å². The van der Waals surface area contributed by atoms with E-state index >= 15 is 0 Å². The average molecular weight is 330 g/mol. The predicted molar refractivity (Wildman–Crippen MR) is 95.3 cm³/mol. The fourth-order valence-electron chi connectivity index (χ4n) is 2.36. The summed E-state index contributed by atoms with van der Waals surface area (Å²) in [7, 11) is 3.76. The molecule has 6 heteroatoms. The molecule has 0 aliphatic heterocycles. The molecule has 0 bridgehead atoms. The highest BCUT2D eigenvalue weighted by atomic mass is 16.5. The largest absolute Gasteiger partial charge is 0.494 e. The number of rotatable bonds is 6. The monoisotopic (exact) mass is 330 g/mol. The van der Waals surface area contributed by atoms with Gasteiger partial charge in [0.1, 0.15) is 11.5 Å². The molecule has 24 heavy (non-hydrogen) atoms. The fraction of sp³-hybridized carbons (Fsp3) is 0.444. The van der Waals surface area contributed by atoms with Crippen molar-refractivity contribution in [2.75, 3.05) is 20.7 Å². The first kappa shape index (κ1) is 17.8. The summed E-state index contributed by atoms with van der Waals surface area (Å²) in [6.07, 6.45) is 0. The van der Waals surface area contributed by atoms with E-state index in [4.69, 9.17) is 9.15 Å². The maximum atomic E-state index is 5.58. The van der Waals surface area contributed by atoms with Crippen LogP contribution in [-0.4, -0.2) is 36.5 Å². The number of aliphatic imine (C=N–C) groups is 1. The highest BCUT2D eigenvalue weighted by Crippen LogP contribution is 2.13. The van der Waals surface area contributed by atoms with Crippen LogP contribution in [-0.2, 0) is 13.1 Å². The van der Waals surface area contributed by atoms with Gasteiger partial charge in [-0.15, -0.1) is 0 Å². The minimum absolute atomic E-state index is 0.509. The van der Waals surface area contributed by atoms with Crippen molar-refractivity contribution in [3.05, 3.63) is 47.2 Å². The van der Waals surface area contributed by atoms with Crippen LogP contribution in [0.1, 0.15) is 29.8 Å². The van der Waals surface area contributed by atoms with Crippen LogP contribution in [0.3, 0.4) is 0 Å². The highest BCUT2D eigenvalue weighted by molar-refractivity contribution is 5.79. The van der Waals surface area contributed by atoms with E-state index in [9.17, 15) is 0 Å². The van der Waals surface area contributed by atoms with Crippen molar-refractivity contribution in [1.82, 2.24) is 15.2 Å². The standard InChI is InChI=1S/C18H26N4O2/c1-6-23-16-9-7-15(8-10-16)12-22(5)18(19-4)20-11-17-21-13(2)14(3)24-17/h7-10H,6,11-12H2,1-5H3,(H,19,20). The summed E-state index contributed by atoms with van der Waals surface area (Å²) in [6, 6.07) is 8.10. The van der Waals surface area contributed by atoms with Gasteiger partial charge in [0, 0.05) is 20.6 Å². The summed E-state index contributed by atoms with van der Waals surface area (Å²) >= 11 is 0. The van der Waals surface area contributed by atoms with E-state index in [0.29, 0.717) is 19.0 Å². The number of nitrogens with zero attached hydrogens (tertiary/aromatic N) is 3. The smallest absolute Gasteiger partial charge is 0.214 e. The molecule has 0 saturated heterocycles. The van der Waals surface area contributed by atoms with Gasteiger partial charge in [-0.2, -0.15) is 0 Å². The van der Waals surface area contributed by atoms with Crippen molar-refractivity contribution < 1.29 is 9.15 Å². The predicted octanol–water partition coefficient (Wildman–Crippen LogP) is 2.90. The summed E-state index contributed by atoms with van der Waals surface area (Å²) in [4.78, 5) is 10.7. The van der Waals surface area contributed by atoms with Crippen LogP contribution in [0.2, 0.25) is 0 Å². The van der Waals surface area contributed by atoms with Crippen LogP contribution in [0.5, 0.6) is 5.75 Å². The number of ether oxygens (including phenoxy) is 1. The van der Waals surface area contributed by atoms with Crippen LogP contribution in [0.25, 0.3) is 0 Å². The summed E-state index contributed by atoms with van der Waals surface area (Å²) < 4.78 is 11.0. The van der Waals surface area contributed by atoms with E-state index in [2.05, 4.69) is 32.3 Å². The van der Waals surface area contributed by atoms with Gasteiger partial charge in [-0.3, -0.25) is 4.99 Å². The molecule has 0 saturated carbocycles. The zero-order valence-electron chi connectivity index (χ0n) is 15.1. The van der Waals surface area contributed by atoms with Gasteiger partial charge in [-0.05, 0) is 38.5 Å². The van der Waals surface area contributed by atoms with Crippen LogP contribution >= 0.6 is 0 Å². The molecule has 0 radical (unpaired) electrons. The molecule has 6 nitrogen and oxygen atoms in total. The molecule has 1 N–H and O–H groups in total. The van der Waals surface area contributed by atoms with Crippen molar-refractivity contribution in [1.29, 1.82) is 0 Å². The number of aromatic nitrogens is 1. The molecule has 130 valence electrons. The molecule has 0 aliphatic rings. The average Bonchev–Trinajstić information content (AvgIpc) is 2.88. The lowest BCUT2D eigenvalue weighted by atomic mass is 10.2. The Labute approximate surface area is 143 Å². The lowest BCUT2D eigenvalue weighted by molar-refractivity contribution is 0.340. The van der Waals surface area contributed by atoms with Gasteiger partial charge < -0.3 is 19.4 Å². The summed E-state index contributed by atoms with van der Waals surface area (Å²) in [5, 5.41) is 3.27. The topological polar surface area (TPSA) is 62.9 Å². The SMILES string of the molecule is CCOc1ccc(CN(C)C(=NC)NCc2nc(C)c(C)o2)cc1. The number of hydrogen-bond acceptors (Lipinski definition) is 4. The van der Waals surface area contributed by atoms with Crippen LogP contribution < -0.4 is 10.1 Å². The lowest BCUT2D eigenvalue weighted by Gasteiger charge is -2.21. The molecule has 1 aromatic carbocycles. The molecule has 0 spiro atoms. The van der Waals surface area contributed by atoms with Crippen molar-refractivity contribution in [2.24, 2.45) is 4.99 Å². The third-order valence-corrected chi connectivity index (χ3v) is 3.70. The molecule has 0 unspecified atom stereocenters. The molecule has 1 heterocycles. The van der Waals surface area contributed by atoms with E-state index in [0.717, 1.165) is 29.7 Å². The van der Waals surface area contributed by atoms with Crippen LogP contribution in [0, 0.1) is 13.8 Å². The minimum Gasteiger partial charge on any atom is -0.494 e. The third-order valence-electron chi connectivity index (χ3n) is 3.70. The number of hydrogen-bond donors (Lipinski definition) is 1. The number of aryl methyl sites for hydroxylation is 2. The van der Waals surface area contributed by atoms with E-state index in [1.165, 1.54) is 5.56 Å². The van der Waals surface area contributed by atoms with Crippen LogP contribution in [0.15, 0.2) is 33.7 Å². The Morgan fingerprint density at radius 2 is 2.00 bits per heavy atom. The van der Waals surface area contributed by atoms with Gasteiger partial charge in [0.15, 0.2) is 5.96 Å². The molecule has 2 rings (SSSR count). The zero-order chi connectivity index (χ0) is 17.5. The first-order valence-corrected chi connectivity index (χ1v) is 8.10. The Morgan fingerprint density at radius 1 is 1.29 bits per heavy atom. The molecule has 0 amide bonds. The number of benzene rings is 1. The Balaban J connectivity index is 1.92. The van der Waals surface area contributed by atoms with Crippen molar-refractivity contribution in [2.45, 2.75) is 33.9 Å². The molecule has 1 aromatic heterocycles. The number of guanidine groups is 1. The second kappa shape index (κ2) is 8.38. The van der Waals surface area contributed by atoms with E-state index in [1.54, 1.807) is 7.05 Å². The summed E-state index contributed by atoms with van der Waals surface area (Å²) in [5.74, 6) is 3.20. The number of oxazole rings is 1. The first-order chi connectivity index (χ1) is 11.5. The summed E-state index contributed by atoms with van der Waals surface area (Å²) in [6.45, 7) is 7.77. The van der Waals surface area contributed by atoms with E-state index in [1.807, 2.05) is 40.0 Å². The minimum atomic E-state index is 0.509. The maximum absolute atomic E-state index is 5.58. The Bertz CT molecular complexity index is 657. The third kappa shape index (κ3) is 4.75. The quantitative estimate of drug-likeness (QED) is 0.652. The Hall–Kier alpha value is -2.50. The summed E-state index contributed by atoms with van der Waals surface area (Å²) in [5.41, 5.74) is 2.11. The molecule has 0 atom stereocenters. The molecular weight excluding hydrogens is 304 g/mol. The molecular formula is C18H26N4O2. The van der Waals surface area contributed by atoms with Crippen LogP contribution in [0.4, 0.5) is 0 Å². The van der Waals surface area contributed by atoms with Gasteiger partial charge in [0.05, 0.1) is 18.8 Å². The normalized spacial score (nSPS) is 11.5. The second-order valence-corrected chi connectivity index (χ2v) is 5.58. The van der Waals surface area contributed by atoms with Gasteiger partial charge in [0.25, 0.3) is 0 Å². The second-order valence-electron chi connectivity index (χ2n) is 5.58. The van der Waals surface area contributed by atoms with Gasteiger partial charge >= 0.3 is 0 Å². The first-order valence-electron chi connectivity index (χ1n) is 8.10. The van der Waals surface area contributed by atoms with Crippen molar-refractivity contribution in [3.8, 4) is 5.75 Å². The zero-order valence-corrected chi connectivity index (χ0v) is 15.1. The number of nitrogens with one attached hydrogen (secondary N) is 1. The Morgan fingerprint density at radius 3 is 2.54 bits per heavy atom. The lowest BCUT2D eigenvalue weighted by Crippen LogP contribution is -2.38. The van der Waals surface area contributed by atoms with Gasteiger partial charge in [-0.25, -0.2) is 4.98 Å². The Kier molecular flexibility index (Phi) is 6.23. The fourth-order valence-corrected chi connectivity index (χ4v) is 2.36. The molecule has 0 fully saturated rings. The molecule has 0 aliphatic carbocycles. The highest BCUT2D eigenvalue weighted by Gasteiger charge is 2.10. The van der Waals surface area contributed by atoms with Gasteiger partial charge in [-0.1, -0.05) is 12.1 Å². The van der Waals surface area contributed by atoms with E-state index in [-0.39, 0.29) is 0 Å².